The van der Waals surface area contributed by atoms with Gasteiger partial charge in [0.25, 0.3) is 0 Å². The number of benzene rings is 11. The van der Waals surface area contributed by atoms with Crippen LogP contribution in [0.1, 0.15) is 263 Å². The van der Waals surface area contributed by atoms with Crippen LogP contribution in [0.5, 0.6) is 0 Å². The van der Waals surface area contributed by atoms with Crippen LogP contribution in [0.25, 0.3) is 99.5 Å². The first-order chi connectivity index (χ1) is 52.3. The van der Waals surface area contributed by atoms with Gasteiger partial charge in [0, 0.05) is 55.0 Å². The van der Waals surface area contributed by atoms with Crippen LogP contribution >= 0.6 is 0 Å². The molecule has 0 atom stereocenters. The molecule has 0 unspecified atom stereocenters. The van der Waals surface area contributed by atoms with Crippen LogP contribution in [0.4, 0.5) is 17.1 Å². The van der Waals surface area contributed by atoms with Crippen molar-refractivity contribution in [2.75, 3.05) is 4.90 Å². The fourth-order valence-electron chi connectivity index (χ4n) is 21.0. The van der Waals surface area contributed by atoms with Gasteiger partial charge in [0.05, 0.1) is 5.41 Å². The van der Waals surface area contributed by atoms with Crippen LogP contribution in [0.15, 0.2) is 221 Å². The fourth-order valence-corrected chi connectivity index (χ4v) is 21.0. The maximum absolute atomic E-state index is 7.16. The monoisotopic (exact) mass is 1390 g/mol. The normalized spacial score (nSPS) is 14.3. The molecule has 13 aromatic rings. The molecule has 0 saturated heterocycles. The van der Waals surface area contributed by atoms with Gasteiger partial charge in [-0.2, -0.15) is 0 Å². The van der Waals surface area contributed by atoms with E-state index in [0.717, 1.165) is 51.7 Å². The third-order valence-electron chi connectivity index (χ3n) is 26.0. The minimum absolute atomic E-state index is 0.115. The van der Waals surface area contributed by atoms with Crippen molar-refractivity contribution in [3.63, 3.8) is 0 Å². The Morgan fingerprint density at radius 3 is 1.34 bits per heavy atom. The zero-order valence-electron chi connectivity index (χ0n) is 64.3. The minimum atomic E-state index is -0.645. The molecule has 4 aliphatic rings. The van der Waals surface area contributed by atoms with Gasteiger partial charge in [0.2, 0.25) is 0 Å². The maximum atomic E-state index is 7.16. The Kier molecular flexibility index (Phi) is 19.7. The molecule has 2 aromatic heterocycles. The van der Waals surface area contributed by atoms with Gasteiger partial charge in [-0.15, -0.1) is 0 Å². The van der Waals surface area contributed by atoms with E-state index in [1.807, 2.05) is 0 Å². The molecule has 4 aliphatic carbocycles. The molecule has 0 N–H and O–H groups in total. The number of hydrogen-bond acceptors (Lipinski definition) is 3. The van der Waals surface area contributed by atoms with Crippen LogP contribution in [0.3, 0.4) is 0 Å². The molecule has 0 radical (unpaired) electrons. The topological polar surface area (TPSA) is 29.5 Å². The summed E-state index contributed by atoms with van der Waals surface area (Å²) in [5.74, 6) is 0. The summed E-state index contributed by atoms with van der Waals surface area (Å²) in [4.78, 5) is 2.68. The molecule has 0 fully saturated rings. The van der Waals surface area contributed by atoms with Gasteiger partial charge in [-0.25, -0.2) is 0 Å². The standard InChI is InChI=1S/C103H109NO2/c1-7-11-15-19-23-38-60-101(61-39-24-20-16-12-8-2)86-57-59-95-98(79-46-32-36-50-93(79)105-95)97(86)83-69-88-82(68-89(83)101)77-55-53-73(65-87(77)102(88,62-40-25-21-17-13-9-3)63-41-26-22-18-14-10-4)104(92-58-52-70(5)64-71(92)6)74-54-56-78-90(66-74)103(84-48-34-30-44-75(84)76-45-31-35-49-85(76)103)91-67-81(72-42-28-27-29-43-72)100-99(96(78)91)80-47-33-37-51-94(80)106-100/h27-37,42-59,64-69H,7-26,38-41,60-63H2,1-6H3. The Hall–Kier alpha value is -9.18. The third-order valence-corrected chi connectivity index (χ3v) is 26.0. The summed E-state index contributed by atoms with van der Waals surface area (Å²) in [6, 6.07) is 83.3. The van der Waals surface area contributed by atoms with Crippen LogP contribution in [-0.2, 0) is 16.2 Å². The van der Waals surface area contributed by atoms with Crippen molar-refractivity contribution < 1.29 is 8.83 Å². The van der Waals surface area contributed by atoms with E-state index in [2.05, 4.69) is 259 Å². The Bertz CT molecular complexity index is 5300. The van der Waals surface area contributed by atoms with Crippen LogP contribution < -0.4 is 4.90 Å². The highest BCUT2D eigenvalue weighted by molar-refractivity contribution is 6.20. The minimum Gasteiger partial charge on any atom is -0.456 e. The predicted octanol–water partition coefficient (Wildman–Crippen LogP) is 31.1. The largest absolute Gasteiger partial charge is 0.456 e. The third kappa shape index (κ3) is 11.7. The summed E-state index contributed by atoms with van der Waals surface area (Å²) in [6.07, 6.45) is 35.4. The summed E-state index contributed by atoms with van der Waals surface area (Å²) < 4.78 is 14.1. The van der Waals surface area contributed by atoms with Gasteiger partial charge in [-0.3, -0.25) is 0 Å². The SMILES string of the molecule is CCCCCCCCC1(CCCCCCCC)c2cc(N(c3ccc4c(c3)C3(c5ccccc5-c5ccccc53)c3cc(-c5ccccc5)c5oc6ccccc6c5c3-4)c3ccc(C)cc3C)ccc2-c2cc3c(cc21)-c1c(ccc2oc4ccccc4c12)C3(CCCCCCCC)CCCCCCCC. The number of para-hydroxylation sites is 2. The average molecular weight is 1390 g/mol. The summed E-state index contributed by atoms with van der Waals surface area (Å²) in [6.45, 7) is 14.0. The molecule has 2 heterocycles. The predicted molar refractivity (Wildman–Crippen MR) is 451 cm³/mol. The number of unbranched alkanes of at least 4 members (excludes halogenated alkanes) is 20. The summed E-state index contributed by atoms with van der Waals surface area (Å²) in [5, 5.41) is 4.92. The van der Waals surface area contributed by atoms with E-state index in [-0.39, 0.29) is 10.8 Å². The van der Waals surface area contributed by atoms with Crippen LogP contribution in [0.2, 0.25) is 0 Å². The number of aryl methyl sites for hydroxylation is 2. The second kappa shape index (κ2) is 29.9. The lowest BCUT2D eigenvalue weighted by Crippen LogP contribution is -2.27. The zero-order valence-corrected chi connectivity index (χ0v) is 64.3. The maximum Gasteiger partial charge on any atom is 0.143 e. The smallest absolute Gasteiger partial charge is 0.143 e. The number of fused-ring (bicyclic) bond motifs is 24. The van der Waals surface area contributed by atoms with Crippen molar-refractivity contribution in [2.24, 2.45) is 0 Å². The van der Waals surface area contributed by atoms with Gasteiger partial charge in [0.15, 0.2) is 0 Å². The highest BCUT2D eigenvalue weighted by Gasteiger charge is 2.54. The average Bonchev–Trinajstić information content (AvgIpc) is 1.50. The molecule has 0 amide bonds. The van der Waals surface area contributed by atoms with Gasteiger partial charge in [-0.05, 0) is 206 Å². The number of nitrogens with zero attached hydrogens (tertiary/aromatic N) is 1. The van der Waals surface area contributed by atoms with E-state index < -0.39 is 5.41 Å². The molecular formula is C103H109NO2. The summed E-state index contributed by atoms with van der Waals surface area (Å²) in [5.41, 5.74) is 33.9. The highest BCUT2D eigenvalue weighted by atomic mass is 16.3. The Morgan fingerprint density at radius 2 is 0.745 bits per heavy atom. The van der Waals surface area contributed by atoms with Crippen LogP contribution in [-0.4, -0.2) is 0 Å². The van der Waals surface area contributed by atoms with E-state index in [4.69, 9.17) is 8.83 Å². The lowest BCUT2D eigenvalue weighted by atomic mass is 9.68. The number of anilines is 3. The van der Waals surface area contributed by atoms with Crippen molar-refractivity contribution >= 4 is 60.9 Å². The highest BCUT2D eigenvalue weighted by Crippen LogP contribution is 2.67. The van der Waals surface area contributed by atoms with Crippen molar-refractivity contribution in [1.82, 2.24) is 0 Å². The summed E-state index contributed by atoms with van der Waals surface area (Å²) in [7, 11) is 0. The second-order valence-electron chi connectivity index (χ2n) is 32.6. The number of hydrogen-bond donors (Lipinski definition) is 0. The van der Waals surface area contributed by atoms with Crippen LogP contribution in [0, 0.1) is 13.8 Å². The molecule has 3 heteroatoms. The second-order valence-corrected chi connectivity index (χ2v) is 32.6. The van der Waals surface area contributed by atoms with Crippen molar-refractivity contribution in [1.29, 1.82) is 0 Å². The molecule has 11 aromatic carbocycles. The quantitative estimate of drug-likeness (QED) is 0.0394. The van der Waals surface area contributed by atoms with Crippen molar-refractivity contribution in [3.05, 3.63) is 268 Å². The molecule has 106 heavy (non-hydrogen) atoms. The molecule has 0 aliphatic heterocycles. The molecular weight excluding hydrogens is 1280 g/mol. The van der Waals surface area contributed by atoms with Crippen molar-refractivity contribution in [2.45, 2.75) is 238 Å². The van der Waals surface area contributed by atoms with E-state index in [1.54, 1.807) is 16.7 Å². The first-order valence-electron chi connectivity index (χ1n) is 41.8. The molecule has 3 nitrogen and oxygen atoms in total. The van der Waals surface area contributed by atoms with E-state index >= 15 is 0 Å². The molecule has 538 valence electrons. The Morgan fingerprint density at radius 1 is 0.292 bits per heavy atom. The van der Waals surface area contributed by atoms with E-state index in [9.17, 15) is 0 Å². The molecule has 17 rings (SSSR count). The Balaban J connectivity index is 0.902. The number of furan rings is 2. The lowest BCUT2D eigenvalue weighted by Gasteiger charge is -2.35. The van der Waals surface area contributed by atoms with Gasteiger partial charge in [-0.1, -0.05) is 333 Å². The van der Waals surface area contributed by atoms with Gasteiger partial charge in [0.1, 0.15) is 22.3 Å². The summed E-state index contributed by atoms with van der Waals surface area (Å²) >= 11 is 0. The van der Waals surface area contributed by atoms with E-state index in [0.29, 0.717) is 0 Å². The van der Waals surface area contributed by atoms with E-state index in [1.165, 1.54) is 284 Å². The number of rotatable bonds is 32. The van der Waals surface area contributed by atoms with Gasteiger partial charge < -0.3 is 13.7 Å². The zero-order chi connectivity index (χ0) is 71.9. The molecule has 0 saturated carbocycles. The fraction of sp³-hybridized carbons (Fsp3) is 0.359. The molecule has 0 bridgehead atoms. The van der Waals surface area contributed by atoms with Crippen molar-refractivity contribution in [3.8, 4) is 55.6 Å². The first kappa shape index (κ1) is 69.8. The Labute approximate surface area is 631 Å². The van der Waals surface area contributed by atoms with Gasteiger partial charge >= 0.3 is 0 Å². The molecule has 1 spiro atoms. The lowest BCUT2D eigenvalue weighted by molar-refractivity contribution is 0.394. The first-order valence-corrected chi connectivity index (χ1v) is 41.8.